The summed E-state index contributed by atoms with van der Waals surface area (Å²) in [5.41, 5.74) is 0. The standard InChI is InChI=1S/C9H19.Na/c1-4-6-8-9(3)7-5-2;/h9H,3-8H2,1-2H3;. The number of rotatable bonds is 6. The molecule has 0 aliphatic carbocycles. The van der Waals surface area contributed by atoms with Crippen LogP contribution in [0.2, 0.25) is 3.67 Å². The Morgan fingerprint density at radius 3 is 2.20 bits per heavy atom. The molecule has 0 saturated carbocycles. The summed E-state index contributed by atoms with van der Waals surface area (Å²) in [4.78, 5) is 0. The van der Waals surface area contributed by atoms with E-state index in [-0.39, 0.29) is 0 Å². The molecule has 0 amide bonds. The molecule has 0 heterocycles. The molecule has 0 aromatic heterocycles. The molecule has 0 aliphatic heterocycles. The molecule has 1 atom stereocenters. The molecule has 0 bridgehead atoms. The van der Waals surface area contributed by atoms with Gasteiger partial charge in [-0.1, -0.05) is 0 Å². The summed E-state index contributed by atoms with van der Waals surface area (Å²) >= 11 is 1.40. The Hall–Kier alpha value is 1.00. The predicted molar refractivity (Wildman–Crippen MR) is 48.5 cm³/mol. The van der Waals surface area contributed by atoms with E-state index in [1.165, 1.54) is 63.7 Å². The van der Waals surface area contributed by atoms with Crippen molar-refractivity contribution in [3.63, 3.8) is 0 Å². The van der Waals surface area contributed by atoms with Crippen molar-refractivity contribution < 1.29 is 0 Å². The molecule has 0 N–H and O–H groups in total. The molecule has 0 fully saturated rings. The molecule has 0 saturated heterocycles. The van der Waals surface area contributed by atoms with E-state index in [2.05, 4.69) is 13.8 Å². The van der Waals surface area contributed by atoms with Crippen LogP contribution in [0.1, 0.15) is 46.0 Å². The molecule has 56 valence electrons. The van der Waals surface area contributed by atoms with Crippen LogP contribution in [0.15, 0.2) is 0 Å². The van der Waals surface area contributed by atoms with Gasteiger partial charge in [0.15, 0.2) is 0 Å². The van der Waals surface area contributed by atoms with E-state index in [9.17, 15) is 0 Å². The average molecular weight is 150 g/mol. The van der Waals surface area contributed by atoms with Crippen molar-refractivity contribution >= 4 is 27.9 Å². The zero-order chi connectivity index (χ0) is 7.82. The Morgan fingerprint density at radius 1 is 1.10 bits per heavy atom. The van der Waals surface area contributed by atoms with Crippen molar-refractivity contribution in [2.24, 2.45) is 5.92 Å². The van der Waals surface area contributed by atoms with Gasteiger partial charge in [-0.25, -0.2) is 0 Å². The molecule has 0 rings (SSSR count). The van der Waals surface area contributed by atoms with Gasteiger partial charge in [0.2, 0.25) is 0 Å². The third-order valence-electron chi connectivity index (χ3n) is 2.24. The van der Waals surface area contributed by atoms with Gasteiger partial charge in [0.05, 0.1) is 0 Å². The molecule has 1 unspecified atom stereocenters. The van der Waals surface area contributed by atoms with Crippen LogP contribution in [-0.4, -0.2) is 27.9 Å². The first-order chi connectivity index (χ1) is 4.85. The number of hydrogen-bond acceptors (Lipinski definition) is 0. The quantitative estimate of drug-likeness (QED) is 0.510. The normalized spacial score (nSPS) is 13.6. The van der Waals surface area contributed by atoms with Crippen LogP contribution in [0.4, 0.5) is 0 Å². The summed E-state index contributed by atoms with van der Waals surface area (Å²) < 4.78 is 1.52. The van der Waals surface area contributed by atoms with Gasteiger partial charge in [0, 0.05) is 0 Å². The van der Waals surface area contributed by atoms with Crippen molar-refractivity contribution in [2.75, 3.05) is 0 Å². The summed E-state index contributed by atoms with van der Waals surface area (Å²) in [5, 5.41) is 0. The van der Waals surface area contributed by atoms with Crippen molar-refractivity contribution in [1.29, 1.82) is 0 Å². The maximum absolute atomic E-state index is 2.30. The van der Waals surface area contributed by atoms with Crippen LogP contribution < -0.4 is 0 Å². The van der Waals surface area contributed by atoms with E-state index in [0.29, 0.717) is 0 Å². The predicted octanol–water partition coefficient (Wildman–Crippen LogP) is 3.18. The second-order valence-corrected chi connectivity index (χ2v) is 4.02. The Kier molecular flexibility index (Phi) is 8.91. The van der Waals surface area contributed by atoms with Crippen LogP contribution in [0.3, 0.4) is 0 Å². The van der Waals surface area contributed by atoms with E-state index < -0.39 is 0 Å². The minimum atomic E-state index is 1.08. The van der Waals surface area contributed by atoms with Gasteiger partial charge in [-0.15, -0.1) is 0 Å². The van der Waals surface area contributed by atoms with E-state index in [4.69, 9.17) is 0 Å². The zero-order valence-electron chi connectivity index (χ0n) is 7.82. The third-order valence-corrected chi connectivity index (χ3v) is 3.39. The topological polar surface area (TPSA) is 0 Å². The van der Waals surface area contributed by atoms with Gasteiger partial charge >= 0.3 is 83.5 Å². The van der Waals surface area contributed by atoms with Crippen LogP contribution in [0.25, 0.3) is 0 Å². The maximum atomic E-state index is 2.30. The van der Waals surface area contributed by atoms with Crippen LogP contribution in [-0.2, 0) is 0 Å². The van der Waals surface area contributed by atoms with Gasteiger partial charge in [-0.2, -0.15) is 0 Å². The van der Waals surface area contributed by atoms with Crippen LogP contribution in [0, 0.1) is 5.92 Å². The number of unbranched alkanes of at least 4 members (excludes halogenated alkanes) is 1. The first-order valence-corrected chi connectivity index (χ1v) is 6.26. The molecule has 0 aromatic rings. The fraction of sp³-hybridized carbons (Fsp3) is 1.00. The molecule has 0 nitrogen and oxygen atoms in total. The van der Waals surface area contributed by atoms with Gasteiger partial charge in [-0.05, 0) is 0 Å². The van der Waals surface area contributed by atoms with Crippen molar-refractivity contribution in [2.45, 2.75) is 49.6 Å². The molecular formula is C9H19Na. The zero-order valence-corrected chi connectivity index (χ0v) is 9.82. The first-order valence-electron chi connectivity index (χ1n) is 4.85. The minimum absolute atomic E-state index is 1.08. The van der Waals surface area contributed by atoms with Crippen LogP contribution in [0.5, 0.6) is 0 Å². The van der Waals surface area contributed by atoms with Crippen molar-refractivity contribution in [3.05, 3.63) is 0 Å². The first kappa shape index (κ1) is 11.0. The Labute approximate surface area is 83.2 Å². The SMILES string of the molecule is CCCCC([CH2][Na])CCC. The van der Waals surface area contributed by atoms with Crippen molar-refractivity contribution in [1.82, 2.24) is 0 Å². The second kappa shape index (κ2) is 8.10. The molecule has 0 radical (unpaired) electrons. The van der Waals surface area contributed by atoms with E-state index in [1.807, 2.05) is 0 Å². The summed E-state index contributed by atoms with van der Waals surface area (Å²) in [5.74, 6) is 1.08. The number of hydrogen-bond donors (Lipinski definition) is 0. The van der Waals surface area contributed by atoms with E-state index in [1.54, 1.807) is 0 Å². The van der Waals surface area contributed by atoms with Crippen molar-refractivity contribution in [3.8, 4) is 0 Å². The van der Waals surface area contributed by atoms with Gasteiger partial charge in [0.25, 0.3) is 0 Å². The summed E-state index contributed by atoms with van der Waals surface area (Å²) in [7, 11) is 0. The van der Waals surface area contributed by atoms with Crippen LogP contribution >= 0.6 is 0 Å². The summed E-state index contributed by atoms with van der Waals surface area (Å²) in [6.45, 7) is 4.59. The molecule has 1 heteroatoms. The Bertz CT molecular complexity index is 61.7. The van der Waals surface area contributed by atoms with Gasteiger partial charge < -0.3 is 0 Å². The Balaban J connectivity index is 3.21. The van der Waals surface area contributed by atoms with Gasteiger partial charge in [-0.3, -0.25) is 0 Å². The second-order valence-electron chi connectivity index (χ2n) is 3.21. The summed E-state index contributed by atoms with van der Waals surface area (Å²) in [6.07, 6.45) is 7.18. The third kappa shape index (κ3) is 5.76. The van der Waals surface area contributed by atoms with E-state index >= 15 is 0 Å². The monoisotopic (exact) mass is 150 g/mol. The molecular weight excluding hydrogens is 131 g/mol. The molecule has 0 aliphatic rings. The molecule has 0 spiro atoms. The molecule has 10 heavy (non-hydrogen) atoms. The average Bonchev–Trinajstić information content (AvgIpc) is 1.98. The molecule has 0 aromatic carbocycles. The summed E-state index contributed by atoms with van der Waals surface area (Å²) in [6, 6.07) is 0. The fourth-order valence-electron chi connectivity index (χ4n) is 1.45. The Morgan fingerprint density at radius 2 is 1.80 bits per heavy atom. The van der Waals surface area contributed by atoms with Gasteiger partial charge in [0.1, 0.15) is 0 Å². The fourth-order valence-corrected chi connectivity index (χ4v) is 2.27. The van der Waals surface area contributed by atoms with E-state index in [0.717, 1.165) is 5.92 Å².